The molecule has 0 aromatic carbocycles. The van der Waals surface area contributed by atoms with Gasteiger partial charge >= 0.3 is 0 Å². The minimum Gasteiger partial charge on any atom is -0.512 e. The van der Waals surface area contributed by atoms with Crippen LogP contribution in [0.3, 0.4) is 0 Å². The van der Waals surface area contributed by atoms with Gasteiger partial charge in [-0.25, -0.2) is 0 Å². The molecular formula is CCoNW-. The van der Waals surface area contributed by atoms with E-state index in [-0.39, 0.29) is 37.8 Å². The van der Waals surface area contributed by atoms with Crippen LogP contribution in [0.1, 0.15) is 0 Å². The molecule has 25 valence electrons. The molecular weight excluding hydrogens is 269 g/mol. The largest absolute Gasteiger partial charge is 0.512 e. The summed E-state index contributed by atoms with van der Waals surface area (Å²) in [6.07, 6.45) is 0. The summed E-state index contributed by atoms with van der Waals surface area (Å²) in [4.78, 5) is 0. The molecule has 3 heteroatoms. The zero-order valence-electron chi connectivity index (χ0n) is 1.69. The Balaban J connectivity index is -0.00000000500. The number of hydrogen-bond donors (Lipinski definition) is 0. The standard InChI is InChI=1S/CN.Co.W/c1-2;;/q-1;;. The van der Waals surface area contributed by atoms with Gasteiger partial charge in [0.25, 0.3) is 0 Å². The Morgan fingerprint density at radius 2 is 1.25 bits per heavy atom. The van der Waals surface area contributed by atoms with Gasteiger partial charge in [0.15, 0.2) is 0 Å². The Bertz CT molecular complexity index is 12.8. The van der Waals surface area contributed by atoms with E-state index in [4.69, 9.17) is 11.8 Å². The quantitative estimate of drug-likeness (QED) is 0.572. The van der Waals surface area contributed by atoms with Crippen LogP contribution in [0.2, 0.25) is 0 Å². The van der Waals surface area contributed by atoms with Crippen molar-refractivity contribution < 1.29 is 37.8 Å². The van der Waals surface area contributed by atoms with Crippen LogP contribution in [0.4, 0.5) is 0 Å². The molecule has 4 heavy (non-hydrogen) atoms. The second-order valence-electron chi connectivity index (χ2n) is 0. The van der Waals surface area contributed by atoms with Crippen LogP contribution >= 0.6 is 0 Å². The zero-order valence-corrected chi connectivity index (χ0v) is 5.66. The minimum atomic E-state index is 0. The summed E-state index contributed by atoms with van der Waals surface area (Å²) < 4.78 is 0. The molecule has 0 unspecified atom stereocenters. The SMILES string of the molecule is [C-]#N.[Co].[W]. The first-order valence-electron chi connectivity index (χ1n) is 0.224. The molecule has 0 aliphatic carbocycles. The predicted octanol–water partition coefficient (Wildman–Crippen LogP) is 0.0914. The van der Waals surface area contributed by atoms with Gasteiger partial charge in [0.1, 0.15) is 0 Å². The summed E-state index contributed by atoms with van der Waals surface area (Å²) in [6, 6.07) is 0. The van der Waals surface area contributed by atoms with Gasteiger partial charge in [0.05, 0.1) is 0 Å². The smallest absolute Gasteiger partial charge is 0 e. The van der Waals surface area contributed by atoms with Crippen molar-refractivity contribution in [3.05, 3.63) is 6.57 Å². The monoisotopic (exact) mass is 269 g/mol. The van der Waals surface area contributed by atoms with Crippen LogP contribution in [0.15, 0.2) is 0 Å². The van der Waals surface area contributed by atoms with E-state index in [1.54, 1.807) is 0 Å². The second-order valence-corrected chi connectivity index (χ2v) is 0. The third kappa shape index (κ3) is 16.3. The normalized spacial score (nSPS) is 0.500. The van der Waals surface area contributed by atoms with Gasteiger partial charge in [0.2, 0.25) is 0 Å². The Morgan fingerprint density at radius 3 is 1.25 bits per heavy atom. The van der Waals surface area contributed by atoms with E-state index < -0.39 is 0 Å². The molecule has 0 spiro atoms. The van der Waals surface area contributed by atoms with Crippen molar-refractivity contribution in [1.29, 1.82) is 5.26 Å². The van der Waals surface area contributed by atoms with Gasteiger partial charge < -0.3 is 11.8 Å². The van der Waals surface area contributed by atoms with E-state index >= 15 is 0 Å². The van der Waals surface area contributed by atoms with Crippen molar-refractivity contribution in [3.8, 4) is 0 Å². The van der Waals surface area contributed by atoms with Gasteiger partial charge in [-0.3, -0.25) is 0 Å². The van der Waals surface area contributed by atoms with E-state index in [1.807, 2.05) is 0 Å². The molecule has 0 aliphatic rings. The molecule has 0 bridgehead atoms. The summed E-state index contributed by atoms with van der Waals surface area (Å²) in [5.74, 6) is 0. The first kappa shape index (κ1) is 22.4. The number of hydrogen-bond acceptors (Lipinski definition) is 1. The van der Waals surface area contributed by atoms with Gasteiger partial charge in [0, 0.05) is 37.8 Å². The zero-order chi connectivity index (χ0) is 2.00. The fourth-order valence-electron chi connectivity index (χ4n) is 0. The van der Waals surface area contributed by atoms with Crippen LogP contribution in [0.5, 0.6) is 0 Å². The van der Waals surface area contributed by atoms with E-state index in [0.29, 0.717) is 0 Å². The average molecular weight is 269 g/mol. The van der Waals surface area contributed by atoms with Crippen LogP contribution in [-0.2, 0) is 37.8 Å². The second kappa shape index (κ2) is 56.6. The molecule has 0 rings (SSSR count). The van der Waals surface area contributed by atoms with E-state index in [1.165, 1.54) is 0 Å². The topological polar surface area (TPSA) is 23.8 Å². The molecule has 0 heterocycles. The van der Waals surface area contributed by atoms with Crippen molar-refractivity contribution in [2.75, 3.05) is 0 Å². The van der Waals surface area contributed by atoms with Crippen LogP contribution < -0.4 is 0 Å². The summed E-state index contributed by atoms with van der Waals surface area (Å²) >= 11 is 0. The first-order valence-corrected chi connectivity index (χ1v) is 0.224. The maximum atomic E-state index is 6.25. The van der Waals surface area contributed by atoms with Gasteiger partial charge in [-0.1, -0.05) is 0 Å². The number of nitrogens with zero attached hydrogens (tertiary/aromatic N) is 1. The Kier molecular flexibility index (Phi) is 317. The maximum Gasteiger partial charge on any atom is 0 e. The molecule has 0 N–H and O–H groups in total. The van der Waals surface area contributed by atoms with Gasteiger partial charge in [-0.2, -0.15) is 0 Å². The molecule has 0 aromatic heterocycles. The molecule has 0 aromatic rings. The Morgan fingerprint density at radius 1 is 1.25 bits per heavy atom. The van der Waals surface area contributed by atoms with Crippen molar-refractivity contribution in [2.45, 2.75) is 0 Å². The first-order chi connectivity index (χ1) is 1.00. The average Bonchev–Trinajstić information content (AvgIpc) is 1.00. The van der Waals surface area contributed by atoms with Crippen molar-refractivity contribution in [2.24, 2.45) is 0 Å². The van der Waals surface area contributed by atoms with Crippen LogP contribution in [0.25, 0.3) is 0 Å². The molecule has 0 fully saturated rings. The predicted molar refractivity (Wildman–Crippen MR) is 4.97 cm³/mol. The molecule has 1 radical (unpaired) electrons. The molecule has 0 saturated carbocycles. The van der Waals surface area contributed by atoms with E-state index in [0.717, 1.165) is 0 Å². The fourth-order valence-corrected chi connectivity index (χ4v) is 0. The molecule has 1 nitrogen and oxygen atoms in total. The molecule has 0 amide bonds. The van der Waals surface area contributed by atoms with E-state index in [2.05, 4.69) is 0 Å². The van der Waals surface area contributed by atoms with Crippen LogP contribution in [0, 0.1) is 11.8 Å². The Hall–Kier alpha value is 0.685. The summed E-state index contributed by atoms with van der Waals surface area (Å²) in [7, 11) is 0. The summed E-state index contributed by atoms with van der Waals surface area (Å²) in [5.41, 5.74) is 0. The van der Waals surface area contributed by atoms with E-state index in [9.17, 15) is 0 Å². The van der Waals surface area contributed by atoms with Crippen molar-refractivity contribution >= 4 is 0 Å². The number of rotatable bonds is 0. The molecule has 0 saturated heterocycles. The third-order valence-corrected chi connectivity index (χ3v) is 0. The maximum absolute atomic E-state index is 6.25. The Labute approximate surface area is 49.8 Å². The van der Waals surface area contributed by atoms with Gasteiger partial charge in [-0.15, -0.1) is 0 Å². The van der Waals surface area contributed by atoms with Crippen molar-refractivity contribution in [3.63, 3.8) is 0 Å². The minimum absolute atomic E-state index is 0. The summed E-state index contributed by atoms with van der Waals surface area (Å²) in [6.45, 7) is 4.75. The molecule has 0 aliphatic heterocycles. The summed E-state index contributed by atoms with van der Waals surface area (Å²) in [5, 5.41) is 6.25. The molecule has 0 atom stereocenters. The fraction of sp³-hybridized carbons (Fsp3) is 0. The van der Waals surface area contributed by atoms with Gasteiger partial charge in [-0.05, 0) is 0 Å². The van der Waals surface area contributed by atoms with Crippen LogP contribution in [-0.4, -0.2) is 0 Å². The third-order valence-electron chi connectivity index (χ3n) is 0. The van der Waals surface area contributed by atoms with Crippen molar-refractivity contribution in [1.82, 2.24) is 0 Å².